The fourth-order valence-corrected chi connectivity index (χ4v) is 4.42. The van der Waals surface area contributed by atoms with Gasteiger partial charge in [0, 0.05) is 30.3 Å². The summed E-state index contributed by atoms with van der Waals surface area (Å²) in [6.45, 7) is 2.56. The monoisotopic (exact) mass is 324 g/mol. The smallest absolute Gasteiger partial charge is 0.291 e. The Balaban J connectivity index is 1.35. The second-order valence-corrected chi connectivity index (χ2v) is 7.27. The van der Waals surface area contributed by atoms with Crippen molar-refractivity contribution in [1.82, 2.24) is 4.98 Å². The second-order valence-electron chi connectivity index (χ2n) is 7.27. The number of anilines is 1. The SMILES string of the molecule is [O-][N+]12CCC(CC1)C1(CN=C(Nc3cc4ccccc4cn3)O1)C2. The number of quaternary nitrogens is 1. The van der Waals surface area contributed by atoms with Crippen LogP contribution in [-0.4, -0.2) is 47.4 Å². The van der Waals surface area contributed by atoms with Gasteiger partial charge in [-0.2, -0.15) is 0 Å². The van der Waals surface area contributed by atoms with Crippen LogP contribution in [0.1, 0.15) is 12.8 Å². The first-order chi connectivity index (χ1) is 11.6. The zero-order chi connectivity index (χ0) is 16.2. The van der Waals surface area contributed by atoms with Crippen LogP contribution in [0.5, 0.6) is 0 Å². The van der Waals surface area contributed by atoms with Crippen LogP contribution in [0.2, 0.25) is 0 Å². The number of pyridine rings is 1. The number of fused-ring (bicyclic) bond motifs is 3. The Bertz CT molecular complexity index is 829. The molecule has 0 amide bonds. The molecule has 4 aliphatic heterocycles. The van der Waals surface area contributed by atoms with E-state index in [1.807, 2.05) is 30.5 Å². The molecule has 1 unspecified atom stereocenters. The van der Waals surface area contributed by atoms with E-state index in [0.717, 1.165) is 42.5 Å². The van der Waals surface area contributed by atoms with Crippen molar-refractivity contribution in [2.24, 2.45) is 10.9 Å². The average molecular weight is 324 g/mol. The minimum atomic E-state index is -0.405. The molecule has 5 heterocycles. The highest BCUT2D eigenvalue weighted by Crippen LogP contribution is 2.44. The van der Waals surface area contributed by atoms with Gasteiger partial charge in [-0.1, -0.05) is 24.3 Å². The Kier molecular flexibility index (Phi) is 2.90. The van der Waals surface area contributed by atoms with E-state index in [-0.39, 0.29) is 4.65 Å². The lowest BCUT2D eigenvalue weighted by Crippen LogP contribution is -2.67. The molecule has 0 saturated carbocycles. The van der Waals surface area contributed by atoms with E-state index in [2.05, 4.69) is 21.4 Å². The van der Waals surface area contributed by atoms with Crippen LogP contribution in [0.3, 0.4) is 0 Å². The lowest BCUT2D eigenvalue weighted by molar-refractivity contribution is -0.905. The number of rotatable bonds is 1. The number of aromatic nitrogens is 1. The number of piperidine rings is 3. The summed E-state index contributed by atoms with van der Waals surface area (Å²) in [6.07, 6.45) is 3.73. The highest BCUT2D eigenvalue weighted by Gasteiger charge is 2.56. The summed E-state index contributed by atoms with van der Waals surface area (Å²) in [5, 5.41) is 18.1. The van der Waals surface area contributed by atoms with Crippen LogP contribution >= 0.6 is 0 Å². The van der Waals surface area contributed by atoms with Gasteiger partial charge in [-0.25, -0.2) is 9.98 Å². The lowest BCUT2D eigenvalue weighted by atomic mass is 9.75. The van der Waals surface area contributed by atoms with Gasteiger partial charge in [0.15, 0.2) is 5.60 Å². The number of benzene rings is 1. The van der Waals surface area contributed by atoms with Crippen LogP contribution in [0.15, 0.2) is 41.5 Å². The van der Waals surface area contributed by atoms with Gasteiger partial charge in [0.05, 0.1) is 19.6 Å². The topological polar surface area (TPSA) is 69.6 Å². The van der Waals surface area contributed by atoms with E-state index >= 15 is 0 Å². The Morgan fingerprint density at radius 2 is 2.00 bits per heavy atom. The maximum atomic E-state index is 12.7. The summed E-state index contributed by atoms with van der Waals surface area (Å²) >= 11 is 0. The number of amidine groups is 1. The number of hydrogen-bond donors (Lipinski definition) is 1. The maximum Gasteiger partial charge on any atom is 0.291 e. The van der Waals surface area contributed by atoms with Crippen molar-refractivity contribution in [1.29, 1.82) is 0 Å². The van der Waals surface area contributed by atoms with Crippen LogP contribution in [0.25, 0.3) is 10.8 Å². The van der Waals surface area contributed by atoms with Gasteiger partial charge in [-0.15, -0.1) is 0 Å². The van der Waals surface area contributed by atoms with Crippen molar-refractivity contribution in [3.05, 3.63) is 41.7 Å². The first-order valence-corrected chi connectivity index (χ1v) is 8.57. The predicted octanol–water partition coefficient (Wildman–Crippen LogP) is 2.51. The molecule has 1 spiro atoms. The molecule has 0 radical (unpaired) electrons. The number of nitrogens with zero attached hydrogens (tertiary/aromatic N) is 3. The molecule has 1 atom stereocenters. The Labute approximate surface area is 140 Å². The minimum absolute atomic E-state index is 0.118. The van der Waals surface area contributed by atoms with Gasteiger partial charge in [0.1, 0.15) is 12.4 Å². The number of aliphatic imine (C=N–C) groups is 1. The lowest BCUT2D eigenvalue weighted by Gasteiger charge is -2.58. The van der Waals surface area contributed by atoms with E-state index in [4.69, 9.17) is 4.74 Å². The molecule has 1 aromatic carbocycles. The normalized spacial score (nSPS) is 34.4. The molecule has 4 aliphatic rings. The third kappa shape index (κ3) is 2.17. The molecule has 24 heavy (non-hydrogen) atoms. The maximum absolute atomic E-state index is 12.7. The highest BCUT2D eigenvalue weighted by molar-refractivity contribution is 5.92. The molecule has 2 aromatic rings. The predicted molar refractivity (Wildman–Crippen MR) is 92.4 cm³/mol. The number of ether oxygens (including phenoxy) is 1. The van der Waals surface area contributed by atoms with Crippen LogP contribution in [0.4, 0.5) is 5.82 Å². The number of hydrogen-bond acceptors (Lipinski definition) is 5. The summed E-state index contributed by atoms with van der Waals surface area (Å²) in [7, 11) is 0. The standard InChI is InChI=1S/C18H20N4O2/c23-22-7-5-15(6-8-22)18(12-22)11-20-17(24-18)21-16-9-13-3-1-2-4-14(13)10-19-16/h1-4,9-10,15H,5-8,11-12H2,(H,19,20,21). The summed E-state index contributed by atoms with van der Waals surface area (Å²) in [5.41, 5.74) is -0.405. The van der Waals surface area contributed by atoms with Crippen molar-refractivity contribution >= 4 is 22.6 Å². The molecule has 3 saturated heterocycles. The van der Waals surface area contributed by atoms with Crippen molar-refractivity contribution < 1.29 is 9.38 Å². The quantitative estimate of drug-likeness (QED) is 0.646. The fraction of sp³-hybridized carbons (Fsp3) is 0.444. The third-order valence-corrected chi connectivity index (χ3v) is 5.73. The summed E-state index contributed by atoms with van der Waals surface area (Å²) < 4.78 is 6.07. The second kappa shape index (κ2) is 4.91. The molecule has 124 valence electrons. The van der Waals surface area contributed by atoms with Crippen LogP contribution in [-0.2, 0) is 4.74 Å². The summed E-state index contributed by atoms with van der Waals surface area (Å²) in [5.74, 6) is 1.16. The van der Waals surface area contributed by atoms with E-state index in [0.29, 0.717) is 25.0 Å². The Hall–Kier alpha value is -2.18. The van der Waals surface area contributed by atoms with Crippen LogP contribution in [0, 0.1) is 11.1 Å². The van der Waals surface area contributed by atoms with E-state index in [1.165, 1.54) is 0 Å². The zero-order valence-electron chi connectivity index (χ0n) is 13.4. The Morgan fingerprint density at radius 3 is 2.79 bits per heavy atom. The molecule has 6 heteroatoms. The van der Waals surface area contributed by atoms with Crippen molar-refractivity contribution in [3.63, 3.8) is 0 Å². The third-order valence-electron chi connectivity index (χ3n) is 5.73. The molecule has 3 fully saturated rings. The van der Waals surface area contributed by atoms with E-state index in [9.17, 15) is 5.21 Å². The van der Waals surface area contributed by atoms with E-state index in [1.54, 1.807) is 0 Å². The zero-order valence-corrected chi connectivity index (χ0v) is 13.4. The molecule has 0 aliphatic carbocycles. The van der Waals surface area contributed by atoms with Gasteiger partial charge in [0.2, 0.25) is 0 Å². The molecule has 1 aromatic heterocycles. The molecule has 1 N–H and O–H groups in total. The molecular weight excluding hydrogens is 304 g/mol. The molecule has 6 nitrogen and oxygen atoms in total. The van der Waals surface area contributed by atoms with Crippen molar-refractivity contribution in [2.45, 2.75) is 18.4 Å². The van der Waals surface area contributed by atoms with Gasteiger partial charge in [-0.05, 0) is 11.5 Å². The first-order valence-electron chi connectivity index (χ1n) is 8.57. The first kappa shape index (κ1) is 14.2. The highest BCUT2D eigenvalue weighted by atomic mass is 16.6. The average Bonchev–Trinajstić information content (AvgIpc) is 2.97. The van der Waals surface area contributed by atoms with Gasteiger partial charge >= 0.3 is 0 Å². The van der Waals surface area contributed by atoms with Crippen LogP contribution < -0.4 is 5.32 Å². The van der Waals surface area contributed by atoms with Crippen molar-refractivity contribution in [2.75, 3.05) is 31.5 Å². The Morgan fingerprint density at radius 1 is 1.21 bits per heavy atom. The van der Waals surface area contributed by atoms with Gasteiger partial charge in [-0.3, -0.25) is 5.32 Å². The van der Waals surface area contributed by atoms with Gasteiger partial charge in [0.25, 0.3) is 6.02 Å². The van der Waals surface area contributed by atoms with Crippen molar-refractivity contribution in [3.8, 4) is 0 Å². The van der Waals surface area contributed by atoms with Gasteiger partial charge < -0.3 is 14.6 Å². The molecular formula is C18H20N4O2. The summed E-state index contributed by atoms with van der Waals surface area (Å²) in [4.78, 5) is 8.96. The number of nitrogens with one attached hydrogen (secondary N) is 1. The largest absolute Gasteiger partial charge is 0.633 e. The minimum Gasteiger partial charge on any atom is -0.633 e. The molecule has 2 bridgehead atoms. The van der Waals surface area contributed by atoms with E-state index < -0.39 is 5.60 Å². The fourth-order valence-electron chi connectivity index (χ4n) is 4.42. The summed E-state index contributed by atoms with van der Waals surface area (Å²) in [6, 6.07) is 10.6. The molecule has 6 rings (SSSR count). The number of hydroxylamine groups is 3.